The molecule has 1 aromatic heterocycles. The van der Waals surface area contributed by atoms with Gasteiger partial charge in [0.25, 0.3) is 0 Å². The molecule has 16 heavy (non-hydrogen) atoms. The number of thiophene rings is 1. The fourth-order valence-electron chi connectivity index (χ4n) is 1.74. The summed E-state index contributed by atoms with van der Waals surface area (Å²) in [5.74, 6) is 0.187. The molecule has 0 saturated carbocycles. The van der Waals surface area contributed by atoms with Gasteiger partial charge in [-0.05, 0) is 46.5 Å². The topological polar surface area (TPSA) is 20.2 Å². The van der Waals surface area contributed by atoms with Crippen molar-refractivity contribution in [3.05, 3.63) is 56.7 Å². The van der Waals surface area contributed by atoms with Crippen molar-refractivity contribution in [2.24, 2.45) is 0 Å². The van der Waals surface area contributed by atoms with Crippen molar-refractivity contribution in [1.29, 1.82) is 0 Å². The SMILES string of the molecule is OCC(Cc1ccsc1)c1cccc(Br)c1. The van der Waals surface area contributed by atoms with E-state index in [2.05, 4.69) is 44.9 Å². The van der Waals surface area contributed by atoms with Gasteiger partial charge in [0.15, 0.2) is 0 Å². The van der Waals surface area contributed by atoms with Gasteiger partial charge in [0.1, 0.15) is 0 Å². The van der Waals surface area contributed by atoms with Gasteiger partial charge in [-0.3, -0.25) is 0 Å². The summed E-state index contributed by atoms with van der Waals surface area (Å²) in [5.41, 5.74) is 2.48. The Hall–Kier alpha value is -0.640. The van der Waals surface area contributed by atoms with Crippen molar-refractivity contribution in [3.63, 3.8) is 0 Å². The molecule has 1 aromatic carbocycles. The van der Waals surface area contributed by atoms with Crippen LogP contribution in [0.4, 0.5) is 0 Å². The number of halogens is 1. The van der Waals surface area contributed by atoms with Crippen molar-refractivity contribution in [1.82, 2.24) is 0 Å². The fourth-order valence-corrected chi connectivity index (χ4v) is 2.84. The van der Waals surface area contributed by atoms with Gasteiger partial charge in [-0.1, -0.05) is 28.1 Å². The fraction of sp³-hybridized carbons (Fsp3) is 0.231. The van der Waals surface area contributed by atoms with E-state index < -0.39 is 0 Å². The molecule has 3 heteroatoms. The van der Waals surface area contributed by atoms with Crippen molar-refractivity contribution < 1.29 is 5.11 Å². The molecule has 1 unspecified atom stereocenters. The van der Waals surface area contributed by atoms with Crippen LogP contribution in [0.25, 0.3) is 0 Å². The summed E-state index contributed by atoms with van der Waals surface area (Å²) in [4.78, 5) is 0. The predicted molar refractivity (Wildman–Crippen MR) is 72.0 cm³/mol. The van der Waals surface area contributed by atoms with Gasteiger partial charge in [0.2, 0.25) is 0 Å². The molecule has 0 saturated heterocycles. The Morgan fingerprint density at radius 2 is 2.19 bits per heavy atom. The van der Waals surface area contributed by atoms with E-state index in [4.69, 9.17) is 0 Å². The average Bonchev–Trinajstić information content (AvgIpc) is 2.78. The number of benzene rings is 1. The van der Waals surface area contributed by atoms with E-state index >= 15 is 0 Å². The molecule has 1 N–H and O–H groups in total. The zero-order valence-corrected chi connectivity index (χ0v) is 11.2. The largest absolute Gasteiger partial charge is 0.396 e. The third kappa shape index (κ3) is 2.94. The summed E-state index contributed by atoms with van der Waals surface area (Å²) < 4.78 is 1.06. The van der Waals surface area contributed by atoms with E-state index in [1.165, 1.54) is 11.1 Å². The molecule has 0 radical (unpaired) electrons. The predicted octanol–water partition coefficient (Wildman–Crippen LogP) is 3.83. The van der Waals surface area contributed by atoms with Crippen LogP contribution in [0.3, 0.4) is 0 Å². The Morgan fingerprint density at radius 3 is 2.81 bits per heavy atom. The van der Waals surface area contributed by atoms with Gasteiger partial charge in [-0.2, -0.15) is 11.3 Å². The normalized spacial score (nSPS) is 12.6. The maximum absolute atomic E-state index is 9.46. The molecule has 0 aliphatic heterocycles. The number of aliphatic hydroxyl groups excluding tert-OH is 1. The summed E-state index contributed by atoms with van der Waals surface area (Å²) in [6, 6.07) is 10.3. The summed E-state index contributed by atoms with van der Waals surface area (Å²) in [7, 11) is 0. The van der Waals surface area contributed by atoms with Gasteiger partial charge in [-0.15, -0.1) is 0 Å². The molecule has 84 valence electrons. The summed E-state index contributed by atoms with van der Waals surface area (Å²) in [6.45, 7) is 0.187. The second-order valence-corrected chi connectivity index (χ2v) is 5.47. The van der Waals surface area contributed by atoms with E-state index in [0.29, 0.717) is 0 Å². The highest BCUT2D eigenvalue weighted by atomic mass is 79.9. The van der Waals surface area contributed by atoms with Crippen LogP contribution in [0.15, 0.2) is 45.6 Å². The lowest BCUT2D eigenvalue weighted by atomic mass is 9.94. The molecular weight excluding hydrogens is 284 g/mol. The van der Waals surface area contributed by atoms with Crippen LogP contribution in [-0.2, 0) is 6.42 Å². The lowest BCUT2D eigenvalue weighted by Crippen LogP contribution is -2.07. The second kappa shape index (κ2) is 5.62. The molecule has 2 aromatic rings. The first-order chi connectivity index (χ1) is 7.79. The van der Waals surface area contributed by atoms with Crippen molar-refractivity contribution in [3.8, 4) is 0 Å². The van der Waals surface area contributed by atoms with Gasteiger partial charge in [0, 0.05) is 10.4 Å². The van der Waals surface area contributed by atoms with E-state index in [9.17, 15) is 5.11 Å². The molecule has 0 fully saturated rings. The number of aliphatic hydroxyl groups is 1. The third-order valence-corrected chi connectivity index (χ3v) is 3.83. The van der Waals surface area contributed by atoms with Gasteiger partial charge in [-0.25, -0.2) is 0 Å². The molecule has 0 amide bonds. The van der Waals surface area contributed by atoms with Crippen LogP contribution >= 0.6 is 27.3 Å². The van der Waals surface area contributed by atoms with E-state index in [1.807, 2.05) is 12.1 Å². The number of hydrogen-bond acceptors (Lipinski definition) is 2. The Morgan fingerprint density at radius 1 is 1.31 bits per heavy atom. The summed E-state index contributed by atoms with van der Waals surface area (Å²) in [6.07, 6.45) is 0.899. The zero-order chi connectivity index (χ0) is 11.4. The lowest BCUT2D eigenvalue weighted by molar-refractivity contribution is 0.264. The van der Waals surface area contributed by atoms with Crippen LogP contribution < -0.4 is 0 Å². The maximum Gasteiger partial charge on any atom is 0.0502 e. The zero-order valence-electron chi connectivity index (χ0n) is 8.77. The van der Waals surface area contributed by atoms with Crippen LogP contribution in [0.2, 0.25) is 0 Å². The monoisotopic (exact) mass is 296 g/mol. The van der Waals surface area contributed by atoms with Crippen LogP contribution in [-0.4, -0.2) is 11.7 Å². The summed E-state index contributed by atoms with van der Waals surface area (Å²) in [5, 5.41) is 13.7. The summed E-state index contributed by atoms with van der Waals surface area (Å²) >= 11 is 5.16. The van der Waals surface area contributed by atoms with Crippen LogP contribution in [0.5, 0.6) is 0 Å². The molecule has 0 bridgehead atoms. The van der Waals surface area contributed by atoms with E-state index in [0.717, 1.165) is 10.9 Å². The highest BCUT2D eigenvalue weighted by Crippen LogP contribution is 2.24. The second-order valence-electron chi connectivity index (χ2n) is 3.77. The molecule has 0 spiro atoms. The highest BCUT2D eigenvalue weighted by molar-refractivity contribution is 9.10. The first-order valence-electron chi connectivity index (χ1n) is 5.17. The van der Waals surface area contributed by atoms with Crippen LogP contribution in [0, 0.1) is 0 Å². The molecular formula is C13H13BrOS. The number of rotatable bonds is 4. The van der Waals surface area contributed by atoms with Gasteiger partial charge >= 0.3 is 0 Å². The third-order valence-electron chi connectivity index (χ3n) is 2.60. The van der Waals surface area contributed by atoms with Crippen molar-refractivity contribution in [2.45, 2.75) is 12.3 Å². The van der Waals surface area contributed by atoms with Gasteiger partial charge < -0.3 is 5.11 Å². The molecule has 1 nitrogen and oxygen atoms in total. The lowest BCUT2D eigenvalue weighted by Gasteiger charge is -2.14. The minimum atomic E-state index is 0.187. The van der Waals surface area contributed by atoms with Crippen molar-refractivity contribution in [2.75, 3.05) is 6.61 Å². The van der Waals surface area contributed by atoms with Gasteiger partial charge in [0.05, 0.1) is 6.61 Å². The molecule has 1 atom stereocenters. The van der Waals surface area contributed by atoms with Crippen LogP contribution in [0.1, 0.15) is 17.0 Å². The Bertz CT molecular complexity index is 439. The van der Waals surface area contributed by atoms with E-state index in [-0.39, 0.29) is 12.5 Å². The van der Waals surface area contributed by atoms with E-state index in [1.54, 1.807) is 11.3 Å². The minimum Gasteiger partial charge on any atom is -0.396 e. The maximum atomic E-state index is 9.46. The molecule has 2 rings (SSSR count). The quantitative estimate of drug-likeness (QED) is 0.909. The Labute approximate surface area is 108 Å². The molecule has 0 aliphatic rings. The van der Waals surface area contributed by atoms with Crippen molar-refractivity contribution >= 4 is 27.3 Å². The average molecular weight is 297 g/mol. The minimum absolute atomic E-state index is 0.187. The first kappa shape index (κ1) is 11.8. The molecule has 0 aliphatic carbocycles. The Balaban J connectivity index is 2.16. The Kier molecular flexibility index (Phi) is 4.16. The number of hydrogen-bond donors (Lipinski definition) is 1. The first-order valence-corrected chi connectivity index (χ1v) is 6.90. The standard InChI is InChI=1S/C13H13BrOS/c14-13-3-1-2-11(7-13)12(8-15)6-10-4-5-16-9-10/h1-5,7,9,12,15H,6,8H2. The molecule has 1 heterocycles. The highest BCUT2D eigenvalue weighted by Gasteiger charge is 2.11. The smallest absolute Gasteiger partial charge is 0.0502 e.